The summed E-state index contributed by atoms with van der Waals surface area (Å²) in [6, 6.07) is 21.2. The van der Waals surface area contributed by atoms with E-state index in [4.69, 9.17) is 0 Å². The van der Waals surface area contributed by atoms with Crippen LogP contribution < -0.4 is 20.9 Å². The molecule has 0 aliphatic carbocycles. The van der Waals surface area contributed by atoms with Crippen molar-refractivity contribution in [3.05, 3.63) is 89.0 Å². The molecular formula is C28H32N4O2. The fourth-order valence-electron chi connectivity index (χ4n) is 4.38. The lowest BCUT2D eigenvalue weighted by Crippen LogP contribution is -2.29. The highest BCUT2D eigenvalue weighted by atomic mass is 16.2. The number of aryl methyl sites for hydroxylation is 2. The summed E-state index contributed by atoms with van der Waals surface area (Å²) in [5.41, 5.74) is 6.06. The molecule has 1 aliphatic rings. The van der Waals surface area contributed by atoms with Crippen molar-refractivity contribution in [3.8, 4) is 0 Å². The Morgan fingerprint density at radius 1 is 0.853 bits per heavy atom. The standard InChI is InChI=1S/C28H32N4O2/c1-20-9-8-10-21(2)26(20)31-28(34)30-23-13-14-25(32-17-6-7-18-32)24(19-23)27(33)29-16-15-22-11-4-3-5-12-22/h3-5,8-14,19H,6-7,15-18H2,1-2H3,(H,29,33)(H2,30,31,34). The molecule has 3 aromatic rings. The zero-order valence-electron chi connectivity index (χ0n) is 19.9. The Morgan fingerprint density at radius 2 is 1.56 bits per heavy atom. The second-order valence-corrected chi connectivity index (χ2v) is 8.76. The van der Waals surface area contributed by atoms with E-state index in [9.17, 15) is 9.59 Å². The van der Waals surface area contributed by atoms with Crippen LogP contribution in [0.3, 0.4) is 0 Å². The molecule has 0 saturated carbocycles. The van der Waals surface area contributed by atoms with Crippen LogP contribution in [0.15, 0.2) is 66.7 Å². The lowest BCUT2D eigenvalue weighted by Gasteiger charge is -2.22. The monoisotopic (exact) mass is 456 g/mol. The number of anilines is 3. The predicted molar refractivity (Wildman–Crippen MR) is 139 cm³/mol. The van der Waals surface area contributed by atoms with E-state index in [0.717, 1.165) is 54.9 Å². The first kappa shape index (κ1) is 23.4. The number of nitrogens with zero attached hydrogens (tertiary/aromatic N) is 1. The molecule has 6 heteroatoms. The Bertz CT molecular complexity index is 1130. The fourth-order valence-corrected chi connectivity index (χ4v) is 4.38. The highest BCUT2D eigenvalue weighted by Gasteiger charge is 2.20. The number of urea groups is 1. The van der Waals surface area contributed by atoms with Crippen molar-refractivity contribution >= 4 is 29.0 Å². The molecule has 176 valence electrons. The maximum Gasteiger partial charge on any atom is 0.323 e. The fraction of sp³-hybridized carbons (Fsp3) is 0.286. The van der Waals surface area contributed by atoms with Gasteiger partial charge in [-0.1, -0.05) is 48.5 Å². The van der Waals surface area contributed by atoms with Crippen LogP contribution in [0.1, 0.15) is 39.9 Å². The van der Waals surface area contributed by atoms with Gasteiger partial charge in [0.05, 0.1) is 5.56 Å². The average Bonchev–Trinajstić information content (AvgIpc) is 3.37. The molecule has 1 heterocycles. The van der Waals surface area contributed by atoms with E-state index in [1.54, 1.807) is 6.07 Å². The summed E-state index contributed by atoms with van der Waals surface area (Å²) >= 11 is 0. The summed E-state index contributed by atoms with van der Waals surface area (Å²) in [7, 11) is 0. The molecular weight excluding hydrogens is 424 g/mol. The van der Waals surface area contributed by atoms with Crippen LogP contribution in [0.4, 0.5) is 21.9 Å². The molecule has 34 heavy (non-hydrogen) atoms. The molecule has 3 aromatic carbocycles. The van der Waals surface area contributed by atoms with Gasteiger partial charge in [0.15, 0.2) is 0 Å². The molecule has 3 N–H and O–H groups in total. The van der Waals surface area contributed by atoms with Gasteiger partial charge >= 0.3 is 6.03 Å². The molecule has 1 fully saturated rings. The van der Waals surface area contributed by atoms with Crippen molar-refractivity contribution in [3.63, 3.8) is 0 Å². The lowest BCUT2D eigenvalue weighted by atomic mass is 10.1. The molecule has 0 atom stereocenters. The number of carbonyl (C=O) groups is 2. The SMILES string of the molecule is Cc1cccc(C)c1NC(=O)Nc1ccc(N2CCCC2)c(C(=O)NCCc2ccccc2)c1. The van der Waals surface area contributed by atoms with Crippen molar-refractivity contribution in [2.45, 2.75) is 33.1 Å². The van der Waals surface area contributed by atoms with Gasteiger partial charge in [0.2, 0.25) is 0 Å². The van der Waals surface area contributed by atoms with Crippen LogP contribution in [-0.4, -0.2) is 31.6 Å². The second-order valence-electron chi connectivity index (χ2n) is 8.76. The topological polar surface area (TPSA) is 73.5 Å². The zero-order valence-corrected chi connectivity index (χ0v) is 19.9. The van der Waals surface area contributed by atoms with Crippen molar-refractivity contribution in [2.24, 2.45) is 0 Å². The van der Waals surface area contributed by atoms with Crippen molar-refractivity contribution in [1.29, 1.82) is 0 Å². The summed E-state index contributed by atoms with van der Waals surface area (Å²) in [6.07, 6.45) is 3.00. The van der Waals surface area contributed by atoms with Crippen molar-refractivity contribution in [1.82, 2.24) is 5.32 Å². The van der Waals surface area contributed by atoms with Crippen LogP contribution in [0.25, 0.3) is 0 Å². The molecule has 0 aromatic heterocycles. The normalized spacial score (nSPS) is 12.9. The molecule has 4 rings (SSSR count). The van der Waals surface area contributed by atoms with Crippen LogP contribution >= 0.6 is 0 Å². The molecule has 1 aliphatic heterocycles. The quantitative estimate of drug-likeness (QED) is 0.438. The first-order chi connectivity index (χ1) is 16.5. The number of carbonyl (C=O) groups excluding carboxylic acids is 2. The zero-order chi connectivity index (χ0) is 23.9. The van der Waals surface area contributed by atoms with Gasteiger partial charge in [-0.15, -0.1) is 0 Å². The number of rotatable bonds is 7. The summed E-state index contributed by atoms with van der Waals surface area (Å²) in [5, 5.41) is 8.88. The van der Waals surface area contributed by atoms with Gasteiger partial charge in [0.1, 0.15) is 0 Å². The molecule has 0 radical (unpaired) electrons. The maximum absolute atomic E-state index is 13.2. The number of nitrogens with one attached hydrogen (secondary N) is 3. The van der Waals surface area contributed by atoms with Crippen molar-refractivity contribution in [2.75, 3.05) is 35.2 Å². The Kier molecular flexibility index (Phi) is 7.48. The smallest absolute Gasteiger partial charge is 0.323 e. The van der Waals surface area contributed by atoms with E-state index in [2.05, 4.69) is 33.0 Å². The highest BCUT2D eigenvalue weighted by molar-refractivity contribution is 6.04. The molecule has 6 nitrogen and oxygen atoms in total. The highest BCUT2D eigenvalue weighted by Crippen LogP contribution is 2.28. The van der Waals surface area contributed by atoms with Gasteiger partial charge < -0.3 is 20.9 Å². The molecule has 0 spiro atoms. The Morgan fingerprint density at radius 3 is 2.26 bits per heavy atom. The van der Waals surface area contributed by atoms with E-state index in [1.807, 2.05) is 62.4 Å². The molecule has 0 unspecified atom stereocenters. The Hall–Kier alpha value is -3.80. The number of amides is 3. The summed E-state index contributed by atoms with van der Waals surface area (Å²) in [6.45, 7) is 6.35. The van der Waals surface area contributed by atoms with E-state index >= 15 is 0 Å². The van der Waals surface area contributed by atoms with Gasteiger partial charge in [-0.25, -0.2) is 4.79 Å². The lowest BCUT2D eigenvalue weighted by molar-refractivity contribution is 0.0954. The first-order valence-electron chi connectivity index (χ1n) is 11.9. The van der Waals surface area contributed by atoms with E-state index in [1.165, 1.54) is 5.56 Å². The van der Waals surface area contributed by atoms with Crippen LogP contribution in [-0.2, 0) is 6.42 Å². The van der Waals surface area contributed by atoms with Crippen LogP contribution in [0, 0.1) is 13.8 Å². The summed E-state index contributed by atoms with van der Waals surface area (Å²) in [5.74, 6) is -0.128. The summed E-state index contributed by atoms with van der Waals surface area (Å²) in [4.78, 5) is 28.1. The van der Waals surface area contributed by atoms with Crippen LogP contribution in [0.5, 0.6) is 0 Å². The Balaban J connectivity index is 1.48. The Labute approximate surface area is 201 Å². The predicted octanol–water partition coefficient (Wildman–Crippen LogP) is 5.52. The van der Waals surface area contributed by atoms with Gasteiger partial charge in [0.25, 0.3) is 5.91 Å². The van der Waals surface area contributed by atoms with Gasteiger partial charge in [-0.2, -0.15) is 0 Å². The largest absolute Gasteiger partial charge is 0.371 e. The number of para-hydroxylation sites is 1. The number of hydrogen-bond acceptors (Lipinski definition) is 3. The van der Waals surface area contributed by atoms with Gasteiger partial charge in [0, 0.05) is 36.7 Å². The molecule has 3 amide bonds. The molecule has 0 bridgehead atoms. The third-order valence-electron chi connectivity index (χ3n) is 6.21. The van der Waals surface area contributed by atoms with E-state index < -0.39 is 0 Å². The molecule has 1 saturated heterocycles. The maximum atomic E-state index is 13.2. The van der Waals surface area contributed by atoms with Crippen molar-refractivity contribution < 1.29 is 9.59 Å². The summed E-state index contributed by atoms with van der Waals surface area (Å²) < 4.78 is 0. The number of hydrogen-bond donors (Lipinski definition) is 3. The van der Waals surface area contributed by atoms with Gasteiger partial charge in [-0.3, -0.25) is 4.79 Å². The van der Waals surface area contributed by atoms with Gasteiger partial charge in [-0.05, 0) is 68.0 Å². The first-order valence-corrected chi connectivity index (χ1v) is 11.9. The minimum Gasteiger partial charge on any atom is -0.371 e. The minimum absolute atomic E-state index is 0.128. The second kappa shape index (κ2) is 10.9. The third-order valence-corrected chi connectivity index (χ3v) is 6.21. The average molecular weight is 457 g/mol. The van der Waals surface area contributed by atoms with Crippen LogP contribution in [0.2, 0.25) is 0 Å². The van der Waals surface area contributed by atoms with E-state index in [-0.39, 0.29) is 11.9 Å². The van der Waals surface area contributed by atoms with E-state index in [0.29, 0.717) is 17.8 Å². The number of benzene rings is 3. The minimum atomic E-state index is -0.332. The third kappa shape index (κ3) is 5.76.